The van der Waals surface area contributed by atoms with Crippen molar-refractivity contribution in [1.29, 1.82) is 0 Å². The van der Waals surface area contributed by atoms with Crippen LogP contribution < -0.4 is 9.92 Å². The van der Waals surface area contributed by atoms with E-state index in [1.165, 1.54) is 18.5 Å². The summed E-state index contributed by atoms with van der Waals surface area (Å²) < 4.78 is 1.40. The molecule has 0 aliphatic carbocycles. The summed E-state index contributed by atoms with van der Waals surface area (Å²) in [5.74, 6) is 0. The van der Waals surface area contributed by atoms with Crippen LogP contribution in [0.1, 0.15) is 0 Å². The third kappa shape index (κ3) is 1.94. The lowest BCUT2D eigenvalue weighted by atomic mass is 10.4. The van der Waals surface area contributed by atoms with Gasteiger partial charge in [-0.25, -0.2) is 0 Å². The molecule has 0 radical (unpaired) electrons. The van der Waals surface area contributed by atoms with Crippen LogP contribution in [0.4, 0.5) is 0 Å². The molecule has 0 fully saturated rings. The van der Waals surface area contributed by atoms with Gasteiger partial charge in [-0.3, -0.25) is 0 Å². The fraction of sp³-hybridized carbons (Fsp3) is 0. The van der Waals surface area contributed by atoms with Gasteiger partial charge in [0.25, 0.3) is 0 Å². The van der Waals surface area contributed by atoms with Crippen molar-refractivity contribution < 1.29 is 0 Å². The Morgan fingerprint density at radius 3 is 2.42 bits per heavy atom. The zero-order valence-electron chi connectivity index (χ0n) is 6.47. The van der Waals surface area contributed by atoms with Gasteiger partial charge in [-0.1, -0.05) is 42.5 Å². The molecule has 2 aromatic rings. The maximum Gasteiger partial charge on any atom is -0.0117 e. The number of hydrogen-bond donors (Lipinski definition) is 0. The average Bonchev–Trinajstić information content (AvgIpc) is 2.59. The Hall–Kier alpha value is -0.650. The largest absolute Gasteiger partial charge is 0.461 e. The Kier molecular flexibility index (Phi) is 2.55. The molecule has 1 aromatic carbocycles. The van der Waals surface area contributed by atoms with E-state index in [0.29, 0.717) is 0 Å². The van der Waals surface area contributed by atoms with Crippen LogP contribution in [0.5, 0.6) is 0 Å². The van der Waals surface area contributed by atoms with Crippen molar-refractivity contribution in [1.82, 2.24) is 0 Å². The molecule has 0 N–H and O–H groups in total. The van der Waals surface area contributed by atoms with Gasteiger partial charge in [-0.2, -0.15) is 16.6 Å². The maximum absolute atomic E-state index is 2.17. The van der Waals surface area contributed by atoms with Crippen LogP contribution in [-0.4, -0.2) is 0 Å². The summed E-state index contributed by atoms with van der Waals surface area (Å²) in [6, 6.07) is 14.8. The molecule has 0 unspecified atom stereocenters. The van der Waals surface area contributed by atoms with E-state index in [2.05, 4.69) is 41.8 Å². The molecule has 60 valence electrons. The van der Waals surface area contributed by atoms with E-state index in [1.807, 2.05) is 6.07 Å². The van der Waals surface area contributed by atoms with Gasteiger partial charge in [-0.15, -0.1) is 4.62 Å². The minimum absolute atomic E-state index is 1.32. The Balaban J connectivity index is 2.15. The van der Waals surface area contributed by atoms with Crippen LogP contribution in [0.2, 0.25) is 0 Å². The topological polar surface area (TPSA) is 0 Å². The SMILES string of the molecule is c1ccc([P-]c2cccs2)cc1. The first-order valence-corrected chi connectivity index (χ1v) is 5.53. The second-order valence-electron chi connectivity index (χ2n) is 2.40. The highest BCUT2D eigenvalue weighted by molar-refractivity contribution is 7.62. The maximum atomic E-state index is 2.17. The zero-order chi connectivity index (χ0) is 8.23. The fourth-order valence-electron chi connectivity index (χ4n) is 0.963. The average molecular weight is 191 g/mol. The number of thiophene rings is 1. The van der Waals surface area contributed by atoms with Crippen LogP contribution in [0, 0.1) is 0 Å². The summed E-state index contributed by atoms with van der Waals surface area (Å²) in [7, 11) is 1.32. The van der Waals surface area contributed by atoms with Crippen LogP contribution in [0.3, 0.4) is 0 Å². The predicted molar refractivity (Wildman–Crippen MR) is 56.9 cm³/mol. The number of benzene rings is 1. The van der Waals surface area contributed by atoms with Crippen molar-refractivity contribution in [3.8, 4) is 0 Å². The number of rotatable bonds is 2. The normalized spacial score (nSPS) is 11.0. The molecule has 12 heavy (non-hydrogen) atoms. The van der Waals surface area contributed by atoms with E-state index in [4.69, 9.17) is 0 Å². The van der Waals surface area contributed by atoms with Crippen LogP contribution in [0.15, 0.2) is 47.8 Å². The first-order chi connectivity index (χ1) is 5.95. The molecule has 0 nitrogen and oxygen atoms in total. The van der Waals surface area contributed by atoms with Crippen molar-refractivity contribution in [3.63, 3.8) is 0 Å². The van der Waals surface area contributed by atoms with Gasteiger partial charge in [0.1, 0.15) is 0 Å². The van der Waals surface area contributed by atoms with Crippen molar-refractivity contribution in [2.75, 3.05) is 0 Å². The van der Waals surface area contributed by atoms with Crippen molar-refractivity contribution in [3.05, 3.63) is 47.8 Å². The zero-order valence-corrected chi connectivity index (χ0v) is 8.19. The molecular weight excluding hydrogens is 183 g/mol. The summed E-state index contributed by atoms with van der Waals surface area (Å²) in [6.07, 6.45) is 0. The molecule has 2 rings (SSSR count). The molecule has 1 aromatic heterocycles. The molecule has 2 heteroatoms. The quantitative estimate of drug-likeness (QED) is 0.640. The van der Waals surface area contributed by atoms with Crippen molar-refractivity contribution >= 4 is 29.8 Å². The summed E-state index contributed by atoms with van der Waals surface area (Å²) in [6.45, 7) is 0. The second-order valence-corrected chi connectivity index (χ2v) is 4.87. The molecule has 0 atom stereocenters. The molecule has 0 saturated heterocycles. The molecular formula is C10H8PS-. The molecule has 0 amide bonds. The minimum Gasteiger partial charge on any atom is -0.461 e. The Morgan fingerprint density at radius 2 is 1.75 bits per heavy atom. The van der Waals surface area contributed by atoms with Gasteiger partial charge in [0.15, 0.2) is 0 Å². The Bertz CT molecular complexity index is 326. The van der Waals surface area contributed by atoms with Crippen molar-refractivity contribution in [2.24, 2.45) is 0 Å². The van der Waals surface area contributed by atoms with Crippen LogP contribution in [-0.2, 0) is 0 Å². The minimum atomic E-state index is 1.32. The molecule has 0 aliphatic rings. The summed E-state index contributed by atoms with van der Waals surface area (Å²) in [5, 5.41) is 3.48. The van der Waals surface area contributed by atoms with Gasteiger partial charge in [0.05, 0.1) is 0 Å². The van der Waals surface area contributed by atoms with Gasteiger partial charge < -0.3 is 8.58 Å². The van der Waals surface area contributed by atoms with E-state index >= 15 is 0 Å². The highest BCUT2D eigenvalue weighted by atomic mass is 32.1. The van der Waals surface area contributed by atoms with Gasteiger partial charge in [-0.05, 0) is 5.38 Å². The van der Waals surface area contributed by atoms with Gasteiger partial charge in [0.2, 0.25) is 0 Å². The van der Waals surface area contributed by atoms with Crippen LogP contribution >= 0.6 is 19.9 Å². The highest BCUT2D eigenvalue weighted by Crippen LogP contribution is 2.13. The third-order valence-corrected chi connectivity index (χ3v) is 3.69. The van der Waals surface area contributed by atoms with E-state index in [0.717, 1.165) is 0 Å². The van der Waals surface area contributed by atoms with Gasteiger partial charge >= 0.3 is 0 Å². The molecule has 0 aliphatic heterocycles. The lowest BCUT2D eigenvalue weighted by Gasteiger charge is -2.15. The fourth-order valence-corrected chi connectivity index (χ4v) is 2.86. The van der Waals surface area contributed by atoms with E-state index in [-0.39, 0.29) is 0 Å². The standard InChI is InChI=1S/C10H8PS/c1-2-5-9(6-3-1)11-10-7-4-8-12-10/h1-8H/q-1. The summed E-state index contributed by atoms with van der Waals surface area (Å²) >= 11 is 1.81. The first-order valence-electron chi connectivity index (χ1n) is 3.75. The van der Waals surface area contributed by atoms with E-state index in [1.54, 1.807) is 11.3 Å². The molecule has 0 spiro atoms. The van der Waals surface area contributed by atoms with E-state index in [9.17, 15) is 0 Å². The Labute approximate surface area is 78.0 Å². The second kappa shape index (κ2) is 3.84. The predicted octanol–water partition coefficient (Wildman–Crippen LogP) is 2.65. The van der Waals surface area contributed by atoms with Crippen LogP contribution in [0.25, 0.3) is 0 Å². The summed E-state index contributed by atoms with van der Waals surface area (Å²) in [5.41, 5.74) is 0. The molecule has 0 bridgehead atoms. The monoisotopic (exact) mass is 191 g/mol. The Morgan fingerprint density at radius 1 is 0.917 bits per heavy atom. The third-order valence-electron chi connectivity index (χ3n) is 1.50. The smallest absolute Gasteiger partial charge is 0.0117 e. The molecule has 1 heterocycles. The lowest BCUT2D eigenvalue weighted by molar-refractivity contribution is 1.78. The van der Waals surface area contributed by atoms with Crippen molar-refractivity contribution in [2.45, 2.75) is 0 Å². The highest BCUT2D eigenvalue weighted by Gasteiger charge is 1.79. The van der Waals surface area contributed by atoms with Gasteiger partial charge in [0, 0.05) is 0 Å². The summed E-state index contributed by atoms with van der Waals surface area (Å²) in [4.78, 5) is 0. The first kappa shape index (κ1) is 7.97. The lowest BCUT2D eigenvalue weighted by Crippen LogP contribution is -1.97. The molecule has 0 saturated carbocycles. The number of hydrogen-bond acceptors (Lipinski definition) is 1. The van der Waals surface area contributed by atoms with E-state index < -0.39 is 0 Å².